The van der Waals surface area contributed by atoms with Crippen LogP contribution < -0.4 is 5.32 Å². The van der Waals surface area contributed by atoms with E-state index < -0.39 is 5.41 Å². The molecule has 2 saturated heterocycles. The molecule has 0 aromatic carbocycles. The SMILES string of the molecule is CCC1(CC)CC(=O)N(CC2NCCCC2(C)C)C1=O. The molecule has 0 bridgehead atoms. The fraction of sp³-hybridized carbons (Fsp3) is 0.875. The van der Waals surface area contributed by atoms with Crippen LogP contribution in [-0.2, 0) is 9.59 Å². The van der Waals surface area contributed by atoms with E-state index in [2.05, 4.69) is 19.2 Å². The molecular formula is C16H28N2O2. The Kier molecular flexibility index (Phi) is 4.24. The molecule has 0 spiro atoms. The number of amides is 2. The van der Waals surface area contributed by atoms with Gasteiger partial charge >= 0.3 is 0 Å². The number of hydrogen-bond acceptors (Lipinski definition) is 3. The number of nitrogens with zero attached hydrogens (tertiary/aromatic N) is 1. The summed E-state index contributed by atoms with van der Waals surface area (Å²) in [5, 5.41) is 3.49. The number of rotatable bonds is 4. The van der Waals surface area contributed by atoms with Crippen LogP contribution in [0.2, 0.25) is 0 Å². The van der Waals surface area contributed by atoms with Crippen molar-refractivity contribution in [1.82, 2.24) is 10.2 Å². The van der Waals surface area contributed by atoms with Crippen LogP contribution in [0.15, 0.2) is 0 Å². The molecule has 1 unspecified atom stereocenters. The van der Waals surface area contributed by atoms with Gasteiger partial charge < -0.3 is 5.32 Å². The van der Waals surface area contributed by atoms with Crippen molar-refractivity contribution in [3.63, 3.8) is 0 Å². The van der Waals surface area contributed by atoms with Gasteiger partial charge in [-0.2, -0.15) is 0 Å². The molecule has 0 aromatic heterocycles. The van der Waals surface area contributed by atoms with Gasteiger partial charge in [-0.15, -0.1) is 0 Å². The van der Waals surface area contributed by atoms with Gasteiger partial charge in [-0.05, 0) is 37.6 Å². The van der Waals surface area contributed by atoms with Crippen molar-refractivity contribution < 1.29 is 9.59 Å². The lowest BCUT2D eigenvalue weighted by molar-refractivity contribution is -0.142. The van der Waals surface area contributed by atoms with Crippen molar-refractivity contribution in [3.8, 4) is 0 Å². The monoisotopic (exact) mass is 280 g/mol. The summed E-state index contributed by atoms with van der Waals surface area (Å²) in [4.78, 5) is 26.5. The first-order chi connectivity index (χ1) is 9.36. The lowest BCUT2D eigenvalue weighted by Crippen LogP contribution is -2.54. The lowest BCUT2D eigenvalue weighted by atomic mass is 9.77. The number of imide groups is 1. The highest BCUT2D eigenvalue weighted by molar-refractivity contribution is 6.05. The average Bonchev–Trinajstić information content (AvgIpc) is 2.65. The zero-order valence-corrected chi connectivity index (χ0v) is 13.3. The maximum absolute atomic E-state index is 12.7. The zero-order chi connectivity index (χ0) is 15.0. The second kappa shape index (κ2) is 5.47. The van der Waals surface area contributed by atoms with E-state index in [9.17, 15) is 9.59 Å². The molecule has 0 saturated carbocycles. The van der Waals surface area contributed by atoms with Gasteiger partial charge in [0.15, 0.2) is 0 Å². The molecule has 2 heterocycles. The number of carbonyl (C=O) groups excluding carboxylic acids is 2. The minimum atomic E-state index is -0.435. The quantitative estimate of drug-likeness (QED) is 0.804. The Morgan fingerprint density at radius 1 is 1.25 bits per heavy atom. The third-order valence-corrected chi connectivity index (χ3v) is 5.54. The van der Waals surface area contributed by atoms with Crippen molar-refractivity contribution in [2.45, 2.75) is 65.8 Å². The number of piperidine rings is 1. The van der Waals surface area contributed by atoms with Gasteiger partial charge in [0, 0.05) is 19.0 Å². The largest absolute Gasteiger partial charge is 0.312 e. The predicted molar refractivity (Wildman–Crippen MR) is 79.2 cm³/mol. The van der Waals surface area contributed by atoms with E-state index in [1.165, 1.54) is 11.3 Å². The van der Waals surface area contributed by atoms with Crippen LogP contribution in [0, 0.1) is 10.8 Å². The Labute approximate surface area is 122 Å². The van der Waals surface area contributed by atoms with Gasteiger partial charge in [-0.3, -0.25) is 14.5 Å². The predicted octanol–water partition coefficient (Wildman–Crippen LogP) is 2.33. The molecule has 2 fully saturated rings. The molecule has 20 heavy (non-hydrogen) atoms. The summed E-state index contributed by atoms with van der Waals surface area (Å²) in [6, 6.07) is 0.216. The van der Waals surface area contributed by atoms with Crippen LogP contribution in [0.4, 0.5) is 0 Å². The number of likely N-dealkylation sites (tertiary alicyclic amines) is 1. The van der Waals surface area contributed by atoms with Crippen LogP contribution in [0.3, 0.4) is 0 Å². The molecule has 1 atom stereocenters. The Morgan fingerprint density at radius 3 is 2.40 bits per heavy atom. The highest BCUT2D eigenvalue weighted by Gasteiger charge is 2.50. The first kappa shape index (κ1) is 15.5. The molecule has 2 aliphatic rings. The lowest BCUT2D eigenvalue weighted by Gasteiger charge is -2.41. The summed E-state index contributed by atoms with van der Waals surface area (Å²) < 4.78 is 0. The second-order valence-corrected chi connectivity index (χ2v) is 7.07. The number of hydrogen-bond donors (Lipinski definition) is 1. The molecule has 4 nitrogen and oxygen atoms in total. The molecular weight excluding hydrogens is 252 g/mol. The molecule has 1 N–H and O–H groups in total. The number of carbonyl (C=O) groups is 2. The van der Waals surface area contributed by atoms with Crippen LogP contribution >= 0.6 is 0 Å². The first-order valence-electron chi connectivity index (χ1n) is 7.94. The van der Waals surface area contributed by atoms with Crippen molar-refractivity contribution >= 4 is 11.8 Å². The third-order valence-electron chi connectivity index (χ3n) is 5.54. The minimum Gasteiger partial charge on any atom is -0.312 e. The summed E-state index contributed by atoms with van der Waals surface area (Å²) in [5.74, 6) is 0.0672. The Morgan fingerprint density at radius 2 is 1.90 bits per heavy atom. The van der Waals surface area contributed by atoms with Crippen LogP contribution in [0.5, 0.6) is 0 Å². The molecule has 4 heteroatoms. The topological polar surface area (TPSA) is 49.4 Å². The summed E-state index contributed by atoms with van der Waals surface area (Å²) in [6.07, 6.45) is 4.22. The number of nitrogens with one attached hydrogen (secondary N) is 1. The molecule has 0 aliphatic carbocycles. The molecule has 0 radical (unpaired) electrons. The van der Waals surface area contributed by atoms with Crippen molar-refractivity contribution in [1.29, 1.82) is 0 Å². The maximum atomic E-state index is 12.7. The highest BCUT2D eigenvalue weighted by Crippen LogP contribution is 2.40. The van der Waals surface area contributed by atoms with E-state index >= 15 is 0 Å². The van der Waals surface area contributed by atoms with E-state index in [0.29, 0.717) is 13.0 Å². The van der Waals surface area contributed by atoms with Gasteiger partial charge in [0.2, 0.25) is 11.8 Å². The van der Waals surface area contributed by atoms with Crippen LogP contribution in [0.1, 0.15) is 59.8 Å². The molecule has 114 valence electrons. The summed E-state index contributed by atoms with van der Waals surface area (Å²) >= 11 is 0. The van der Waals surface area contributed by atoms with Crippen molar-refractivity contribution in [2.24, 2.45) is 10.8 Å². The van der Waals surface area contributed by atoms with Gasteiger partial charge in [-0.1, -0.05) is 27.7 Å². The molecule has 2 amide bonds. The molecule has 2 aliphatic heterocycles. The normalized spacial score (nSPS) is 29.0. The standard InChI is InChI=1S/C16H28N2O2/c1-5-16(6-2)10-13(19)18(14(16)20)11-12-15(3,4)8-7-9-17-12/h12,17H,5-11H2,1-4H3. The maximum Gasteiger partial charge on any atom is 0.235 e. The first-order valence-corrected chi connectivity index (χ1v) is 7.94. The Hall–Kier alpha value is -0.900. The summed E-state index contributed by atoms with van der Waals surface area (Å²) in [7, 11) is 0. The Bertz CT molecular complexity index is 399. The summed E-state index contributed by atoms with van der Waals surface area (Å²) in [5.41, 5.74) is -0.293. The highest BCUT2D eigenvalue weighted by atomic mass is 16.2. The smallest absolute Gasteiger partial charge is 0.235 e. The van der Waals surface area contributed by atoms with Gasteiger partial charge in [-0.25, -0.2) is 0 Å². The van der Waals surface area contributed by atoms with Gasteiger partial charge in [0.25, 0.3) is 0 Å². The van der Waals surface area contributed by atoms with E-state index in [4.69, 9.17) is 0 Å². The Balaban J connectivity index is 2.13. The minimum absolute atomic E-state index is 0.0156. The molecule has 0 aromatic rings. The fourth-order valence-corrected chi connectivity index (χ4v) is 3.61. The second-order valence-electron chi connectivity index (χ2n) is 7.07. The van der Waals surface area contributed by atoms with Crippen LogP contribution in [0.25, 0.3) is 0 Å². The zero-order valence-electron chi connectivity index (χ0n) is 13.3. The van der Waals surface area contributed by atoms with Crippen molar-refractivity contribution in [3.05, 3.63) is 0 Å². The molecule has 2 rings (SSSR count). The van der Waals surface area contributed by atoms with E-state index in [1.54, 1.807) is 0 Å². The van der Waals surface area contributed by atoms with Gasteiger partial charge in [0.05, 0.1) is 5.41 Å². The van der Waals surface area contributed by atoms with E-state index in [-0.39, 0.29) is 23.3 Å². The third kappa shape index (κ3) is 2.50. The van der Waals surface area contributed by atoms with Crippen molar-refractivity contribution in [2.75, 3.05) is 13.1 Å². The van der Waals surface area contributed by atoms with Gasteiger partial charge in [0.1, 0.15) is 0 Å². The average molecular weight is 280 g/mol. The summed E-state index contributed by atoms with van der Waals surface area (Å²) in [6.45, 7) is 9.99. The van der Waals surface area contributed by atoms with E-state index in [1.807, 2.05) is 13.8 Å². The van der Waals surface area contributed by atoms with Crippen LogP contribution in [-0.4, -0.2) is 35.8 Å². The van der Waals surface area contributed by atoms with E-state index in [0.717, 1.165) is 25.8 Å². The fourth-order valence-electron chi connectivity index (χ4n) is 3.61.